The fraction of sp³-hybridized carbons (Fsp3) is 0.625. The van der Waals surface area contributed by atoms with Crippen molar-refractivity contribution in [1.82, 2.24) is 14.9 Å². The van der Waals surface area contributed by atoms with E-state index < -0.39 is 0 Å². The molecule has 2 heterocycles. The van der Waals surface area contributed by atoms with Crippen LogP contribution in [-0.4, -0.2) is 28.1 Å². The van der Waals surface area contributed by atoms with E-state index in [1.165, 1.54) is 11.5 Å². The van der Waals surface area contributed by atoms with Crippen molar-refractivity contribution in [2.45, 2.75) is 19.4 Å². The maximum Gasteiger partial charge on any atom is 0.230 e. The third-order valence-corrected chi connectivity index (χ3v) is 2.98. The van der Waals surface area contributed by atoms with Crippen LogP contribution >= 0.6 is 11.5 Å². The van der Waals surface area contributed by atoms with Crippen molar-refractivity contribution >= 4 is 23.3 Å². The third kappa shape index (κ3) is 1.91. The van der Waals surface area contributed by atoms with Crippen molar-refractivity contribution in [3.8, 4) is 0 Å². The Kier molecular flexibility index (Phi) is 2.74. The summed E-state index contributed by atoms with van der Waals surface area (Å²) in [4.78, 5) is 11.7. The standard InChI is InChI=1S/C8H12N4OS/c1-5-6(2-3-9-5)8(13)10-7-4-14-12-11-7/h4-6,9H,2-3H2,1H3,(H,10,13). The molecule has 1 fully saturated rings. The number of anilines is 1. The van der Waals surface area contributed by atoms with Gasteiger partial charge in [-0.25, -0.2) is 0 Å². The van der Waals surface area contributed by atoms with E-state index in [-0.39, 0.29) is 17.9 Å². The van der Waals surface area contributed by atoms with Crippen LogP contribution in [0.1, 0.15) is 13.3 Å². The molecule has 2 atom stereocenters. The second kappa shape index (κ2) is 4.02. The molecule has 2 rings (SSSR count). The number of nitrogens with one attached hydrogen (secondary N) is 2. The molecule has 1 aliphatic rings. The molecule has 1 aromatic heterocycles. The number of carbonyl (C=O) groups is 1. The third-order valence-electron chi connectivity index (χ3n) is 2.47. The lowest BCUT2D eigenvalue weighted by Gasteiger charge is -2.13. The quantitative estimate of drug-likeness (QED) is 0.748. The lowest BCUT2D eigenvalue weighted by molar-refractivity contribution is -0.120. The van der Waals surface area contributed by atoms with E-state index in [9.17, 15) is 4.79 Å². The summed E-state index contributed by atoms with van der Waals surface area (Å²) in [6.07, 6.45) is 0.893. The molecule has 0 aromatic carbocycles. The van der Waals surface area contributed by atoms with Crippen LogP contribution in [0.25, 0.3) is 0 Å². The number of hydrogen-bond donors (Lipinski definition) is 2. The number of amides is 1. The molecular weight excluding hydrogens is 200 g/mol. The van der Waals surface area contributed by atoms with Gasteiger partial charge in [0.1, 0.15) is 0 Å². The van der Waals surface area contributed by atoms with Gasteiger partial charge in [-0.2, -0.15) is 0 Å². The Morgan fingerprint density at radius 2 is 2.64 bits per heavy atom. The van der Waals surface area contributed by atoms with Crippen molar-refractivity contribution < 1.29 is 4.79 Å². The van der Waals surface area contributed by atoms with Gasteiger partial charge in [-0.1, -0.05) is 4.49 Å². The Hall–Kier alpha value is -1.01. The van der Waals surface area contributed by atoms with Gasteiger partial charge >= 0.3 is 0 Å². The summed E-state index contributed by atoms with van der Waals surface area (Å²) < 4.78 is 3.68. The van der Waals surface area contributed by atoms with Crippen LogP contribution in [0.5, 0.6) is 0 Å². The fourth-order valence-electron chi connectivity index (χ4n) is 1.65. The second-order valence-corrected chi connectivity index (χ2v) is 4.03. The molecule has 6 heteroatoms. The smallest absolute Gasteiger partial charge is 0.230 e. The molecule has 1 amide bonds. The van der Waals surface area contributed by atoms with Gasteiger partial charge in [0.25, 0.3) is 0 Å². The van der Waals surface area contributed by atoms with E-state index in [4.69, 9.17) is 0 Å². The molecule has 14 heavy (non-hydrogen) atoms. The van der Waals surface area contributed by atoms with Gasteiger partial charge < -0.3 is 10.6 Å². The molecule has 0 radical (unpaired) electrons. The summed E-state index contributed by atoms with van der Waals surface area (Å²) in [5.41, 5.74) is 0. The zero-order valence-electron chi connectivity index (χ0n) is 7.86. The Morgan fingerprint density at radius 1 is 1.79 bits per heavy atom. The Labute approximate surface area is 86.1 Å². The van der Waals surface area contributed by atoms with E-state index in [1.807, 2.05) is 6.92 Å². The van der Waals surface area contributed by atoms with Crippen LogP contribution in [0.15, 0.2) is 5.38 Å². The minimum absolute atomic E-state index is 0.0372. The zero-order valence-corrected chi connectivity index (χ0v) is 8.67. The van der Waals surface area contributed by atoms with Crippen LogP contribution in [0, 0.1) is 5.92 Å². The van der Waals surface area contributed by atoms with Crippen molar-refractivity contribution in [1.29, 1.82) is 0 Å². The fourth-order valence-corrected chi connectivity index (χ4v) is 2.04. The predicted molar refractivity (Wildman–Crippen MR) is 54.1 cm³/mol. The molecule has 76 valence electrons. The highest BCUT2D eigenvalue weighted by atomic mass is 32.1. The molecular formula is C8H12N4OS. The Bertz CT molecular complexity index is 313. The summed E-state index contributed by atoms with van der Waals surface area (Å²) in [5, 5.41) is 11.5. The van der Waals surface area contributed by atoms with Gasteiger partial charge in [0.05, 0.1) is 11.3 Å². The number of aromatic nitrogens is 2. The molecule has 5 nitrogen and oxygen atoms in total. The van der Waals surface area contributed by atoms with E-state index in [2.05, 4.69) is 20.2 Å². The molecule has 0 saturated carbocycles. The molecule has 2 unspecified atom stereocenters. The van der Waals surface area contributed by atoms with Crippen molar-refractivity contribution in [3.05, 3.63) is 5.38 Å². The number of rotatable bonds is 2. The van der Waals surface area contributed by atoms with Crippen molar-refractivity contribution in [3.63, 3.8) is 0 Å². The van der Waals surface area contributed by atoms with Crippen LogP contribution in [-0.2, 0) is 4.79 Å². The summed E-state index contributed by atoms with van der Waals surface area (Å²) >= 11 is 1.23. The maximum absolute atomic E-state index is 11.7. The molecule has 1 saturated heterocycles. The SMILES string of the molecule is CC1NCCC1C(=O)Nc1csnn1. The second-order valence-electron chi connectivity index (χ2n) is 3.42. The number of carbonyl (C=O) groups excluding carboxylic acids is 1. The van der Waals surface area contributed by atoms with Crippen LogP contribution < -0.4 is 10.6 Å². The minimum atomic E-state index is 0.0372. The highest BCUT2D eigenvalue weighted by Crippen LogP contribution is 2.17. The Balaban J connectivity index is 1.95. The number of nitrogens with zero attached hydrogens (tertiary/aromatic N) is 2. The topological polar surface area (TPSA) is 66.9 Å². The molecule has 1 aromatic rings. The van der Waals surface area contributed by atoms with Gasteiger partial charge in [-0.05, 0) is 31.4 Å². The highest BCUT2D eigenvalue weighted by molar-refractivity contribution is 7.03. The molecule has 0 spiro atoms. The number of hydrogen-bond acceptors (Lipinski definition) is 5. The van der Waals surface area contributed by atoms with Crippen molar-refractivity contribution in [2.75, 3.05) is 11.9 Å². The summed E-state index contributed by atoms with van der Waals surface area (Å²) in [6, 6.07) is 0.251. The largest absolute Gasteiger partial charge is 0.313 e. The van der Waals surface area contributed by atoms with Crippen LogP contribution in [0.2, 0.25) is 0 Å². The van der Waals surface area contributed by atoms with Crippen LogP contribution in [0.4, 0.5) is 5.82 Å². The van der Waals surface area contributed by atoms with Gasteiger partial charge in [0.2, 0.25) is 5.91 Å². The monoisotopic (exact) mass is 212 g/mol. The van der Waals surface area contributed by atoms with E-state index >= 15 is 0 Å². The predicted octanol–water partition coefficient (Wildman–Crippen LogP) is 0.475. The summed E-state index contributed by atoms with van der Waals surface area (Å²) in [5.74, 6) is 0.644. The summed E-state index contributed by atoms with van der Waals surface area (Å²) in [6.45, 7) is 2.94. The first-order valence-corrected chi connectivity index (χ1v) is 5.42. The Morgan fingerprint density at radius 3 is 3.21 bits per heavy atom. The van der Waals surface area contributed by atoms with Gasteiger partial charge in [0.15, 0.2) is 5.82 Å². The minimum Gasteiger partial charge on any atom is -0.313 e. The van der Waals surface area contributed by atoms with E-state index in [0.29, 0.717) is 5.82 Å². The zero-order chi connectivity index (χ0) is 9.97. The van der Waals surface area contributed by atoms with E-state index in [0.717, 1.165) is 13.0 Å². The average Bonchev–Trinajstić information content (AvgIpc) is 2.75. The first kappa shape index (κ1) is 9.54. The van der Waals surface area contributed by atoms with Gasteiger partial charge in [-0.3, -0.25) is 4.79 Å². The van der Waals surface area contributed by atoms with Gasteiger partial charge in [-0.15, -0.1) is 5.10 Å². The normalized spacial score (nSPS) is 26.4. The van der Waals surface area contributed by atoms with E-state index in [1.54, 1.807) is 5.38 Å². The summed E-state index contributed by atoms with van der Waals surface area (Å²) in [7, 11) is 0. The molecule has 1 aliphatic heterocycles. The maximum atomic E-state index is 11.7. The first-order valence-electron chi connectivity index (χ1n) is 4.58. The van der Waals surface area contributed by atoms with Gasteiger partial charge in [0, 0.05) is 6.04 Å². The molecule has 0 aliphatic carbocycles. The molecule has 2 N–H and O–H groups in total. The molecule has 0 bridgehead atoms. The lowest BCUT2D eigenvalue weighted by Crippen LogP contribution is -2.32. The average molecular weight is 212 g/mol. The lowest BCUT2D eigenvalue weighted by atomic mass is 10.0. The van der Waals surface area contributed by atoms with Crippen molar-refractivity contribution in [2.24, 2.45) is 5.92 Å². The first-order chi connectivity index (χ1) is 6.77. The highest BCUT2D eigenvalue weighted by Gasteiger charge is 2.29. The van der Waals surface area contributed by atoms with Crippen LogP contribution in [0.3, 0.4) is 0 Å².